The van der Waals surface area contributed by atoms with E-state index >= 15 is 0 Å². The van der Waals surface area contributed by atoms with Crippen LogP contribution in [0.25, 0.3) is 0 Å². The standard InChI is InChI=1S/C17H31NO3/c1-6-21-16(20)14(17(3,4)5)15(19)18-12(2)13-10-8-7-9-11-13/h12-14H,6-11H2,1-5H3,(H,18,19). The normalized spacial score (nSPS) is 19.7. The molecule has 4 nitrogen and oxygen atoms in total. The number of nitrogens with one attached hydrogen (secondary N) is 1. The highest BCUT2D eigenvalue weighted by Gasteiger charge is 2.39. The third-order valence-electron chi connectivity index (χ3n) is 4.38. The summed E-state index contributed by atoms with van der Waals surface area (Å²) in [6.45, 7) is 9.83. The number of carbonyl (C=O) groups is 2. The Morgan fingerprint density at radius 1 is 1.19 bits per heavy atom. The van der Waals surface area contributed by atoms with Crippen LogP contribution < -0.4 is 5.32 Å². The Balaban J connectivity index is 2.69. The van der Waals surface area contributed by atoms with Gasteiger partial charge in [0.05, 0.1) is 6.61 Å². The van der Waals surface area contributed by atoms with Crippen molar-refractivity contribution in [2.75, 3.05) is 6.61 Å². The molecule has 2 unspecified atom stereocenters. The van der Waals surface area contributed by atoms with Crippen molar-refractivity contribution in [3.05, 3.63) is 0 Å². The zero-order chi connectivity index (χ0) is 16.0. The average molecular weight is 297 g/mol. The van der Waals surface area contributed by atoms with Crippen LogP contribution in [0.2, 0.25) is 0 Å². The summed E-state index contributed by atoms with van der Waals surface area (Å²) in [6.07, 6.45) is 6.11. The molecule has 21 heavy (non-hydrogen) atoms. The van der Waals surface area contributed by atoms with Crippen molar-refractivity contribution in [3.8, 4) is 0 Å². The minimum atomic E-state index is -0.747. The maximum Gasteiger partial charge on any atom is 0.319 e. The predicted molar refractivity (Wildman–Crippen MR) is 83.8 cm³/mol. The molecule has 0 radical (unpaired) electrons. The second kappa shape index (κ2) is 7.81. The summed E-state index contributed by atoms with van der Waals surface area (Å²) in [6, 6.07) is 0.122. The van der Waals surface area contributed by atoms with Crippen LogP contribution in [0.15, 0.2) is 0 Å². The molecule has 0 aliphatic heterocycles. The van der Waals surface area contributed by atoms with Gasteiger partial charge in [-0.1, -0.05) is 40.0 Å². The summed E-state index contributed by atoms with van der Waals surface area (Å²) < 4.78 is 5.08. The van der Waals surface area contributed by atoms with E-state index in [4.69, 9.17) is 4.74 Å². The van der Waals surface area contributed by atoms with E-state index in [1.807, 2.05) is 20.8 Å². The molecule has 0 aromatic carbocycles. The van der Waals surface area contributed by atoms with E-state index in [1.54, 1.807) is 6.92 Å². The van der Waals surface area contributed by atoms with E-state index in [-0.39, 0.29) is 11.9 Å². The molecule has 0 aromatic rings. The maximum absolute atomic E-state index is 12.5. The van der Waals surface area contributed by atoms with Crippen molar-refractivity contribution in [2.45, 2.75) is 72.8 Å². The third kappa shape index (κ3) is 5.33. The van der Waals surface area contributed by atoms with Crippen LogP contribution in [0.1, 0.15) is 66.7 Å². The lowest BCUT2D eigenvalue weighted by Crippen LogP contribution is -2.48. The number of hydrogen-bond acceptors (Lipinski definition) is 3. The van der Waals surface area contributed by atoms with Gasteiger partial charge in [0.2, 0.25) is 5.91 Å². The lowest BCUT2D eigenvalue weighted by molar-refractivity contribution is -0.157. The molecule has 1 aliphatic carbocycles. The van der Waals surface area contributed by atoms with Crippen molar-refractivity contribution < 1.29 is 14.3 Å². The molecule has 1 saturated carbocycles. The van der Waals surface area contributed by atoms with Crippen molar-refractivity contribution in [1.82, 2.24) is 5.32 Å². The van der Waals surface area contributed by atoms with Crippen molar-refractivity contribution in [2.24, 2.45) is 17.3 Å². The fraction of sp³-hybridized carbons (Fsp3) is 0.882. The summed E-state index contributed by atoms with van der Waals surface area (Å²) in [5.74, 6) is -0.827. The number of carbonyl (C=O) groups excluding carboxylic acids is 2. The van der Waals surface area contributed by atoms with Crippen LogP contribution in [-0.4, -0.2) is 24.5 Å². The van der Waals surface area contributed by atoms with E-state index in [0.717, 1.165) is 0 Å². The van der Waals surface area contributed by atoms with E-state index in [9.17, 15) is 9.59 Å². The topological polar surface area (TPSA) is 55.4 Å². The van der Waals surface area contributed by atoms with Crippen LogP contribution in [0.3, 0.4) is 0 Å². The molecule has 4 heteroatoms. The molecule has 1 aliphatic rings. The van der Waals surface area contributed by atoms with Gasteiger partial charge in [0.25, 0.3) is 0 Å². The van der Waals surface area contributed by atoms with Gasteiger partial charge in [0, 0.05) is 6.04 Å². The fourth-order valence-electron chi connectivity index (χ4n) is 3.14. The second-order valence-electron chi connectivity index (χ2n) is 7.25. The number of rotatable bonds is 5. The smallest absolute Gasteiger partial charge is 0.319 e. The minimum Gasteiger partial charge on any atom is -0.465 e. The second-order valence-corrected chi connectivity index (χ2v) is 7.25. The molecule has 122 valence electrons. The van der Waals surface area contributed by atoms with Crippen LogP contribution in [0, 0.1) is 17.3 Å². The van der Waals surface area contributed by atoms with E-state index in [2.05, 4.69) is 12.2 Å². The lowest BCUT2D eigenvalue weighted by Gasteiger charge is -2.32. The van der Waals surface area contributed by atoms with Crippen LogP contribution in [-0.2, 0) is 14.3 Å². The van der Waals surface area contributed by atoms with Gasteiger partial charge in [-0.2, -0.15) is 0 Å². The highest BCUT2D eigenvalue weighted by atomic mass is 16.5. The largest absolute Gasteiger partial charge is 0.465 e. The van der Waals surface area contributed by atoms with Gasteiger partial charge in [-0.3, -0.25) is 9.59 Å². The van der Waals surface area contributed by atoms with Crippen molar-refractivity contribution in [3.63, 3.8) is 0 Å². The Morgan fingerprint density at radius 3 is 2.24 bits per heavy atom. The molecule has 2 atom stereocenters. The van der Waals surface area contributed by atoms with Crippen LogP contribution in [0.4, 0.5) is 0 Å². The number of amides is 1. The van der Waals surface area contributed by atoms with Crippen molar-refractivity contribution >= 4 is 11.9 Å². The molecule has 1 amide bonds. The van der Waals surface area contributed by atoms with Gasteiger partial charge in [0.15, 0.2) is 0 Å². The molecule has 1 N–H and O–H groups in total. The minimum absolute atomic E-state index is 0.122. The van der Waals surface area contributed by atoms with Crippen LogP contribution in [0.5, 0.6) is 0 Å². The Labute approximate surface area is 129 Å². The molecule has 0 saturated heterocycles. The quantitative estimate of drug-likeness (QED) is 0.626. The zero-order valence-corrected chi connectivity index (χ0v) is 14.2. The first-order valence-electron chi connectivity index (χ1n) is 8.24. The Hall–Kier alpha value is -1.06. The average Bonchev–Trinajstić information content (AvgIpc) is 2.38. The highest BCUT2D eigenvalue weighted by Crippen LogP contribution is 2.29. The summed E-state index contributed by atoms with van der Waals surface area (Å²) in [5.41, 5.74) is -0.442. The van der Waals surface area contributed by atoms with Gasteiger partial charge < -0.3 is 10.1 Å². The Morgan fingerprint density at radius 2 is 1.76 bits per heavy atom. The van der Waals surface area contributed by atoms with Gasteiger partial charge in [-0.15, -0.1) is 0 Å². The third-order valence-corrected chi connectivity index (χ3v) is 4.38. The fourth-order valence-corrected chi connectivity index (χ4v) is 3.14. The molecule has 0 aromatic heterocycles. The highest BCUT2D eigenvalue weighted by molar-refractivity contribution is 5.98. The zero-order valence-electron chi connectivity index (χ0n) is 14.2. The molecule has 0 bridgehead atoms. The van der Waals surface area contributed by atoms with Gasteiger partial charge >= 0.3 is 5.97 Å². The molecule has 1 fully saturated rings. The number of esters is 1. The lowest BCUT2D eigenvalue weighted by atomic mass is 9.79. The van der Waals surface area contributed by atoms with Gasteiger partial charge in [0.1, 0.15) is 5.92 Å². The molecular formula is C17H31NO3. The first-order valence-corrected chi connectivity index (χ1v) is 8.24. The van der Waals surface area contributed by atoms with Crippen LogP contribution >= 0.6 is 0 Å². The molecular weight excluding hydrogens is 266 g/mol. The van der Waals surface area contributed by atoms with E-state index < -0.39 is 17.3 Å². The first kappa shape index (κ1) is 18.0. The number of ether oxygens (including phenoxy) is 1. The SMILES string of the molecule is CCOC(=O)C(C(=O)NC(C)C1CCCCC1)C(C)(C)C. The summed E-state index contributed by atoms with van der Waals surface area (Å²) in [7, 11) is 0. The molecule has 0 spiro atoms. The number of hydrogen-bond donors (Lipinski definition) is 1. The summed E-state index contributed by atoms with van der Waals surface area (Å²) in [4.78, 5) is 24.7. The first-order chi connectivity index (χ1) is 9.77. The molecule has 1 rings (SSSR count). The van der Waals surface area contributed by atoms with Crippen molar-refractivity contribution in [1.29, 1.82) is 0 Å². The summed E-state index contributed by atoms with van der Waals surface area (Å²) >= 11 is 0. The maximum atomic E-state index is 12.5. The summed E-state index contributed by atoms with van der Waals surface area (Å²) in [5, 5.41) is 3.06. The monoisotopic (exact) mass is 297 g/mol. The van der Waals surface area contributed by atoms with E-state index in [1.165, 1.54) is 32.1 Å². The van der Waals surface area contributed by atoms with E-state index in [0.29, 0.717) is 12.5 Å². The van der Waals surface area contributed by atoms with Gasteiger partial charge in [-0.05, 0) is 38.0 Å². The Kier molecular flexibility index (Phi) is 6.69. The predicted octanol–water partition coefficient (Wildman–Crippen LogP) is 3.30. The molecule has 0 heterocycles. The Bertz CT molecular complexity index is 354. The van der Waals surface area contributed by atoms with Gasteiger partial charge in [-0.25, -0.2) is 0 Å².